The molecule has 216 valence electrons. The largest absolute Gasteiger partial charge is 0.489 e. The molecule has 0 amide bonds. The minimum atomic E-state index is -0.384. The number of nitrogens with two attached hydrogens (primary N) is 1. The molecule has 1 heterocycles. The van der Waals surface area contributed by atoms with Gasteiger partial charge in [-0.2, -0.15) is 0 Å². The zero-order valence-corrected chi connectivity index (χ0v) is 25.6. The highest BCUT2D eigenvalue weighted by Crippen LogP contribution is 2.33. The van der Waals surface area contributed by atoms with E-state index in [4.69, 9.17) is 10.5 Å². The smallest absolute Gasteiger partial charge is 0.129 e. The molecule has 1 unspecified atom stereocenters. The van der Waals surface area contributed by atoms with Crippen molar-refractivity contribution in [2.75, 3.05) is 32.1 Å². The quantitative estimate of drug-likeness (QED) is 0.308. The molecule has 0 radical (unpaired) electrons. The number of ether oxygens (including phenoxy) is 1. The topological polar surface area (TPSA) is 41.7 Å². The van der Waals surface area contributed by atoms with Gasteiger partial charge in [0.1, 0.15) is 18.2 Å². The van der Waals surface area contributed by atoms with Crippen LogP contribution < -0.4 is 15.4 Å². The van der Waals surface area contributed by atoms with Crippen molar-refractivity contribution in [2.45, 2.75) is 83.9 Å². The van der Waals surface area contributed by atoms with E-state index in [1.54, 1.807) is 6.07 Å². The van der Waals surface area contributed by atoms with Gasteiger partial charge in [-0.1, -0.05) is 71.0 Å². The van der Waals surface area contributed by atoms with Gasteiger partial charge in [0, 0.05) is 31.4 Å². The van der Waals surface area contributed by atoms with Gasteiger partial charge in [-0.25, -0.2) is 4.39 Å². The highest BCUT2D eigenvalue weighted by Gasteiger charge is 2.27. The van der Waals surface area contributed by atoms with Gasteiger partial charge in [-0.3, -0.25) is 0 Å². The third kappa shape index (κ3) is 7.44. The van der Waals surface area contributed by atoms with Crippen LogP contribution in [0.25, 0.3) is 0 Å². The molecule has 1 aliphatic rings. The number of halogens is 1. The number of hydrogen-bond donors (Lipinski definition) is 1. The van der Waals surface area contributed by atoms with Gasteiger partial charge in [0.25, 0.3) is 0 Å². The van der Waals surface area contributed by atoms with Crippen LogP contribution in [0.4, 0.5) is 10.1 Å². The van der Waals surface area contributed by atoms with Crippen molar-refractivity contribution in [3.05, 3.63) is 94.3 Å². The van der Waals surface area contributed by atoms with Gasteiger partial charge in [0.15, 0.2) is 0 Å². The Labute approximate surface area is 241 Å². The van der Waals surface area contributed by atoms with Gasteiger partial charge in [-0.15, -0.1) is 0 Å². The molecular formula is C35H48FN3O. The molecule has 0 aromatic heterocycles. The van der Waals surface area contributed by atoms with Gasteiger partial charge in [-0.05, 0) is 96.3 Å². The lowest BCUT2D eigenvalue weighted by Crippen LogP contribution is -2.45. The molecule has 0 aliphatic carbocycles. The predicted octanol–water partition coefficient (Wildman–Crippen LogP) is 7.21. The zero-order valence-electron chi connectivity index (χ0n) is 25.6. The number of benzene rings is 3. The van der Waals surface area contributed by atoms with E-state index in [-0.39, 0.29) is 16.6 Å². The Morgan fingerprint density at radius 3 is 2.23 bits per heavy atom. The third-order valence-corrected chi connectivity index (χ3v) is 8.29. The van der Waals surface area contributed by atoms with E-state index in [2.05, 4.69) is 94.9 Å². The molecule has 3 aromatic carbocycles. The van der Waals surface area contributed by atoms with Crippen molar-refractivity contribution in [2.24, 2.45) is 5.73 Å². The van der Waals surface area contributed by atoms with Gasteiger partial charge in [0.2, 0.25) is 0 Å². The fourth-order valence-corrected chi connectivity index (χ4v) is 5.83. The maximum Gasteiger partial charge on any atom is 0.129 e. The highest BCUT2D eigenvalue weighted by molar-refractivity contribution is 5.50. The predicted molar refractivity (Wildman–Crippen MR) is 166 cm³/mol. The second-order valence-electron chi connectivity index (χ2n) is 13.4. The number of rotatable bonds is 9. The number of hydrogen-bond acceptors (Lipinski definition) is 4. The van der Waals surface area contributed by atoms with Crippen molar-refractivity contribution in [1.29, 1.82) is 0 Å². The summed E-state index contributed by atoms with van der Waals surface area (Å²) in [4.78, 5) is 4.60. The summed E-state index contributed by atoms with van der Waals surface area (Å²) in [5.41, 5.74) is 12.1. The maximum absolute atomic E-state index is 15.6. The molecule has 2 N–H and O–H groups in total. The molecular weight excluding hydrogens is 497 g/mol. The molecule has 0 spiro atoms. The van der Waals surface area contributed by atoms with E-state index in [0.29, 0.717) is 25.6 Å². The van der Waals surface area contributed by atoms with E-state index in [1.165, 1.54) is 12.0 Å². The fourth-order valence-electron chi connectivity index (χ4n) is 5.83. The Kier molecular flexibility index (Phi) is 9.26. The summed E-state index contributed by atoms with van der Waals surface area (Å²) in [7, 11) is 4.25. The molecule has 1 saturated heterocycles. The lowest BCUT2D eigenvalue weighted by molar-refractivity contribution is 0.258. The van der Waals surface area contributed by atoms with Gasteiger partial charge < -0.3 is 20.3 Å². The Morgan fingerprint density at radius 2 is 1.60 bits per heavy atom. The van der Waals surface area contributed by atoms with E-state index >= 15 is 4.39 Å². The van der Waals surface area contributed by atoms with Crippen LogP contribution in [0.3, 0.4) is 0 Å². The van der Waals surface area contributed by atoms with Crippen LogP contribution in [0.2, 0.25) is 0 Å². The van der Waals surface area contributed by atoms with Crippen LogP contribution in [0, 0.1) is 5.82 Å². The normalized spacial score (nSPS) is 16.4. The SMILES string of the molecule is CN(C)C1CCCN(c2ccc(C(C)(C)Cc3cc(CN)cc(COc4ccc(C(C)(C)C)cc4)c3)c(F)c2)C1. The Hall–Kier alpha value is -2.89. The molecule has 0 saturated carbocycles. The first kappa shape index (κ1) is 30.1. The van der Waals surface area contributed by atoms with Crippen LogP contribution in [0.5, 0.6) is 5.75 Å². The molecule has 1 atom stereocenters. The Morgan fingerprint density at radius 1 is 0.925 bits per heavy atom. The first-order chi connectivity index (χ1) is 18.9. The van der Waals surface area contributed by atoms with E-state index in [9.17, 15) is 0 Å². The standard InChI is InChI=1S/C35H48FN3O/c1-34(2,3)28-10-13-31(14-11-28)40-24-27-18-25(17-26(19-27)22-37)21-35(4,5)32-15-12-29(20-33(32)36)39-16-8-9-30(23-39)38(6)7/h10-15,17-20,30H,8-9,16,21-24,37H2,1-7H3. The minimum absolute atomic E-state index is 0.109. The lowest BCUT2D eigenvalue weighted by Gasteiger charge is -2.38. The molecule has 5 heteroatoms. The monoisotopic (exact) mass is 545 g/mol. The zero-order chi connectivity index (χ0) is 29.1. The minimum Gasteiger partial charge on any atom is -0.489 e. The number of nitrogens with zero attached hydrogens (tertiary/aromatic N) is 2. The summed E-state index contributed by atoms with van der Waals surface area (Å²) >= 11 is 0. The van der Waals surface area contributed by atoms with Crippen LogP contribution in [0.15, 0.2) is 60.7 Å². The molecule has 0 bridgehead atoms. The summed E-state index contributed by atoms with van der Waals surface area (Å²) in [6.45, 7) is 13.7. The van der Waals surface area contributed by atoms with Crippen LogP contribution in [0.1, 0.15) is 75.3 Å². The van der Waals surface area contributed by atoms with Crippen LogP contribution >= 0.6 is 0 Å². The second-order valence-corrected chi connectivity index (χ2v) is 13.4. The molecule has 3 aromatic rings. The summed E-state index contributed by atoms with van der Waals surface area (Å²) in [6, 6.07) is 21.1. The van der Waals surface area contributed by atoms with Gasteiger partial charge in [0.05, 0.1) is 0 Å². The summed E-state index contributed by atoms with van der Waals surface area (Å²) in [6.07, 6.45) is 3.02. The second kappa shape index (κ2) is 12.3. The summed E-state index contributed by atoms with van der Waals surface area (Å²) < 4.78 is 21.7. The van der Waals surface area contributed by atoms with Crippen molar-refractivity contribution in [1.82, 2.24) is 4.90 Å². The molecule has 1 aliphatic heterocycles. The fraction of sp³-hybridized carbons (Fsp3) is 0.486. The van der Waals surface area contributed by atoms with E-state index in [0.717, 1.165) is 53.2 Å². The van der Waals surface area contributed by atoms with Gasteiger partial charge >= 0.3 is 0 Å². The van der Waals surface area contributed by atoms with Crippen LogP contribution in [-0.2, 0) is 30.4 Å². The number of likely N-dealkylation sites (N-methyl/N-ethyl adjacent to an activating group) is 1. The number of anilines is 1. The van der Waals surface area contributed by atoms with Crippen molar-refractivity contribution >= 4 is 5.69 Å². The average molecular weight is 546 g/mol. The number of piperidine rings is 1. The summed E-state index contributed by atoms with van der Waals surface area (Å²) in [5.74, 6) is 0.715. The molecule has 4 rings (SSSR count). The third-order valence-electron chi connectivity index (χ3n) is 8.29. The maximum atomic E-state index is 15.6. The lowest BCUT2D eigenvalue weighted by atomic mass is 9.78. The Balaban J connectivity index is 1.48. The first-order valence-corrected chi connectivity index (χ1v) is 14.6. The highest BCUT2D eigenvalue weighted by atomic mass is 19.1. The van der Waals surface area contributed by atoms with Crippen molar-refractivity contribution in [3.63, 3.8) is 0 Å². The Bertz CT molecular complexity index is 1280. The molecule has 4 nitrogen and oxygen atoms in total. The van der Waals surface area contributed by atoms with Crippen molar-refractivity contribution < 1.29 is 9.13 Å². The average Bonchev–Trinajstić information content (AvgIpc) is 2.91. The summed E-state index contributed by atoms with van der Waals surface area (Å²) in [5, 5.41) is 0. The van der Waals surface area contributed by atoms with Crippen molar-refractivity contribution in [3.8, 4) is 5.75 Å². The first-order valence-electron chi connectivity index (χ1n) is 14.6. The molecule has 40 heavy (non-hydrogen) atoms. The molecule has 1 fully saturated rings. The van der Waals surface area contributed by atoms with Crippen LogP contribution in [-0.4, -0.2) is 38.1 Å². The van der Waals surface area contributed by atoms with E-state index in [1.807, 2.05) is 18.2 Å². The van der Waals surface area contributed by atoms with E-state index < -0.39 is 0 Å².